The van der Waals surface area contributed by atoms with Gasteiger partial charge in [-0.15, -0.1) is 0 Å². The van der Waals surface area contributed by atoms with Crippen LogP contribution in [0.2, 0.25) is 0 Å². The smallest absolute Gasteiger partial charge is 0.269 e. The summed E-state index contributed by atoms with van der Waals surface area (Å²) in [5.41, 5.74) is 1.32. The molecular formula is C14H20N2O2. The Labute approximate surface area is 108 Å². The first-order valence-electron chi connectivity index (χ1n) is 6.65. The minimum atomic E-state index is -0.315. The number of non-ortho nitro benzene ring substituents is 1. The standard InChI is InChI=1S/C14H20N2O2/c1-3-12-13(9-14(12)15-4-2)10-6-5-7-11(8-10)16(17)18/h5-8,12-15H,3-4,9H2,1-2H3. The molecule has 0 heterocycles. The molecule has 18 heavy (non-hydrogen) atoms. The fourth-order valence-electron chi connectivity index (χ4n) is 3.03. The SMILES string of the molecule is CCNC1CC(c2cccc([N+](=O)[O-])c2)C1CC. The molecule has 0 aliphatic heterocycles. The van der Waals surface area contributed by atoms with E-state index in [1.807, 2.05) is 6.07 Å². The Bertz CT molecular complexity index is 434. The molecule has 2 rings (SSSR count). The predicted molar refractivity (Wildman–Crippen MR) is 71.7 cm³/mol. The minimum absolute atomic E-state index is 0.203. The summed E-state index contributed by atoms with van der Waals surface area (Å²) in [6.07, 6.45) is 2.21. The van der Waals surface area contributed by atoms with Gasteiger partial charge in [0.2, 0.25) is 0 Å². The fourth-order valence-corrected chi connectivity index (χ4v) is 3.03. The molecule has 3 atom stereocenters. The average molecular weight is 248 g/mol. The van der Waals surface area contributed by atoms with E-state index >= 15 is 0 Å². The van der Waals surface area contributed by atoms with Crippen molar-refractivity contribution in [2.45, 2.75) is 38.6 Å². The molecule has 1 fully saturated rings. The normalized spacial score (nSPS) is 26.7. The first-order valence-corrected chi connectivity index (χ1v) is 6.65. The van der Waals surface area contributed by atoms with Crippen LogP contribution in [0.5, 0.6) is 0 Å². The summed E-state index contributed by atoms with van der Waals surface area (Å²) in [6, 6.07) is 7.67. The number of nitro benzene ring substituents is 1. The first-order chi connectivity index (χ1) is 8.67. The van der Waals surface area contributed by atoms with E-state index in [9.17, 15) is 10.1 Å². The van der Waals surface area contributed by atoms with Gasteiger partial charge in [-0.25, -0.2) is 0 Å². The lowest BCUT2D eigenvalue weighted by Gasteiger charge is -2.45. The molecule has 0 saturated heterocycles. The van der Waals surface area contributed by atoms with Gasteiger partial charge in [0.05, 0.1) is 4.92 Å². The molecule has 3 unspecified atom stereocenters. The summed E-state index contributed by atoms with van der Waals surface area (Å²) in [5, 5.41) is 14.3. The topological polar surface area (TPSA) is 55.2 Å². The quantitative estimate of drug-likeness (QED) is 0.643. The van der Waals surface area contributed by atoms with E-state index in [0.717, 1.165) is 24.9 Å². The van der Waals surface area contributed by atoms with Crippen molar-refractivity contribution in [2.75, 3.05) is 6.54 Å². The van der Waals surface area contributed by atoms with Crippen molar-refractivity contribution in [3.63, 3.8) is 0 Å². The molecule has 4 nitrogen and oxygen atoms in total. The molecule has 0 bridgehead atoms. The number of nitrogens with zero attached hydrogens (tertiary/aromatic N) is 1. The molecule has 0 spiro atoms. The van der Waals surface area contributed by atoms with Crippen LogP contribution in [-0.4, -0.2) is 17.5 Å². The summed E-state index contributed by atoms with van der Waals surface area (Å²) < 4.78 is 0. The molecule has 1 N–H and O–H groups in total. The fraction of sp³-hybridized carbons (Fsp3) is 0.571. The van der Waals surface area contributed by atoms with E-state index in [4.69, 9.17) is 0 Å². The highest BCUT2D eigenvalue weighted by Gasteiger charge is 2.40. The van der Waals surface area contributed by atoms with Crippen LogP contribution < -0.4 is 5.32 Å². The Morgan fingerprint density at radius 1 is 1.44 bits per heavy atom. The van der Waals surface area contributed by atoms with Crippen LogP contribution in [0.1, 0.15) is 38.2 Å². The number of nitro groups is 1. The summed E-state index contributed by atoms with van der Waals surface area (Å²) in [4.78, 5) is 10.5. The Morgan fingerprint density at radius 2 is 2.22 bits per heavy atom. The second kappa shape index (κ2) is 5.48. The Balaban J connectivity index is 2.13. The van der Waals surface area contributed by atoms with Gasteiger partial charge in [-0.1, -0.05) is 32.4 Å². The monoisotopic (exact) mass is 248 g/mol. The van der Waals surface area contributed by atoms with Crippen LogP contribution >= 0.6 is 0 Å². The summed E-state index contributed by atoms with van der Waals surface area (Å²) >= 11 is 0. The van der Waals surface area contributed by atoms with E-state index in [0.29, 0.717) is 17.9 Å². The number of rotatable bonds is 5. The van der Waals surface area contributed by atoms with E-state index in [-0.39, 0.29) is 10.6 Å². The van der Waals surface area contributed by atoms with Gasteiger partial charge in [-0.3, -0.25) is 10.1 Å². The number of benzene rings is 1. The third kappa shape index (κ3) is 2.38. The molecule has 1 aliphatic carbocycles. The molecule has 98 valence electrons. The third-order valence-corrected chi connectivity index (χ3v) is 3.99. The van der Waals surface area contributed by atoms with E-state index < -0.39 is 0 Å². The minimum Gasteiger partial charge on any atom is -0.314 e. The largest absolute Gasteiger partial charge is 0.314 e. The second-order valence-corrected chi connectivity index (χ2v) is 4.93. The Hall–Kier alpha value is -1.42. The van der Waals surface area contributed by atoms with Gasteiger partial charge in [0, 0.05) is 18.2 Å². The highest BCUT2D eigenvalue weighted by molar-refractivity contribution is 5.37. The van der Waals surface area contributed by atoms with Crippen molar-refractivity contribution < 1.29 is 4.92 Å². The summed E-state index contributed by atoms with van der Waals surface area (Å²) in [7, 11) is 0. The van der Waals surface area contributed by atoms with Crippen molar-refractivity contribution in [3.8, 4) is 0 Å². The van der Waals surface area contributed by atoms with E-state index in [1.165, 1.54) is 0 Å². The van der Waals surface area contributed by atoms with Crippen LogP contribution in [0.4, 0.5) is 5.69 Å². The predicted octanol–water partition coefficient (Wildman–Crippen LogP) is 3.09. The molecule has 1 aromatic rings. The highest BCUT2D eigenvalue weighted by atomic mass is 16.6. The molecule has 0 radical (unpaired) electrons. The van der Waals surface area contributed by atoms with Crippen molar-refractivity contribution in [1.82, 2.24) is 5.32 Å². The maximum Gasteiger partial charge on any atom is 0.269 e. The summed E-state index contributed by atoms with van der Waals surface area (Å²) in [6.45, 7) is 5.30. The second-order valence-electron chi connectivity index (χ2n) is 4.93. The molecule has 1 aromatic carbocycles. The first kappa shape index (κ1) is 13.0. The van der Waals surface area contributed by atoms with Crippen LogP contribution in [0.25, 0.3) is 0 Å². The van der Waals surface area contributed by atoms with Crippen LogP contribution in [0.3, 0.4) is 0 Å². The maximum atomic E-state index is 10.8. The Morgan fingerprint density at radius 3 is 2.83 bits per heavy atom. The van der Waals surface area contributed by atoms with Crippen molar-refractivity contribution in [1.29, 1.82) is 0 Å². The van der Waals surface area contributed by atoms with E-state index in [1.54, 1.807) is 18.2 Å². The van der Waals surface area contributed by atoms with E-state index in [2.05, 4.69) is 19.2 Å². The van der Waals surface area contributed by atoms with Crippen molar-refractivity contribution in [2.24, 2.45) is 5.92 Å². The molecular weight excluding hydrogens is 228 g/mol. The van der Waals surface area contributed by atoms with Gasteiger partial charge in [0.25, 0.3) is 5.69 Å². The molecule has 1 aliphatic rings. The van der Waals surface area contributed by atoms with Gasteiger partial charge in [-0.2, -0.15) is 0 Å². The van der Waals surface area contributed by atoms with Gasteiger partial charge in [-0.05, 0) is 30.4 Å². The lowest BCUT2D eigenvalue weighted by atomic mass is 9.65. The van der Waals surface area contributed by atoms with Gasteiger partial charge < -0.3 is 5.32 Å². The van der Waals surface area contributed by atoms with Gasteiger partial charge in [0.15, 0.2) is 0 Å². The zero-order valence-corrected chi connectivity index (χ0v) is 10.9. The molecule has 0 amide bonds. The molecule has 4 heteroatoms. The zero-order valence-electron chi connectivity index (χ0n) is 10.9. The molecule has 0 aromatic heterocycles. The third-order valence-electron chi connectivity index (χ3n) is 3.99. The lowest BCUT2D eigenvalue weighted by molar-refractivity contribution is -0.385. The van der Waals surface area contributed by atoms with Crippen LogP contribution in [-0.2, 0) is 0 Å². The molecule has 1 saturated carbocycles. The van der Waals surface area contributed by atoms with Crippen LogP contribution in [0, 0.1) is 16.0 Å². The van der Waals surface area contributed by atoms with Gasteiger partial charge in [0.1, 0.15) is 0 Å². The van der Waals surface area contributed by atoms with Gasteiger partial charge >= 0.3 is 0 Å². The van der Waals surface area contributed by atoms with Crippen molar-refractivity contribution in [3.05, 3.63) is 39.9 Å². The number of hydrogen-bond acceptors (Lipinski definition) is 3. The lowest BCUT2D eigenvalue weighted by Crippen LogP contribution is -2.48. The Kier molecular flexibility index (Phi) is 3.97. The zero-order chi connectivity index (χ0) is 13.1. The average Bonchev–Trinajstić information content (AvgIpc) is 2.34. The number of nitrogens with one attached hydrogen (secondary N) is 1. The maximum absolute atomic E-state index is 10.8. The van der Waals surface area contributed by atoms with Crippen LogP contribution in [0.15, 0.2) is 24.3 Å². The summed E-state index contributed by atoms with van der Waals surface area (Å²) in [5.74, 6) is 1.07. The van der Waals surface area contributed by atoms with Crippen molar-refractivity contribution >= 4 is 5.69 Å². The number of hydrogen-bond donors (Lipinski definition) is 1. The highest BCUT2D eigenvalue weighted by Crippen LogP contribution is 2.45.